The first-order valence-electron chi connectivity index (χ1n) is 8.10. The molecule has 0 unspecified atom stereocenters. The summed E-state index contributed by atoms with van der Waals surface area (Å²) in [4.78, 5) is 13.4. The van der Waals surface area contributed by atoms with Gasteiger partial charge in [0.2, 0.25) is 0 Å². The highest BCUT2D eigenvalue weighted by molar-refractivity contribution is 5.50. The van der Waals surface area contributed by atoms with Crippen LogP contribution in [0.1, 0.15) is 17.6 Å². The Hall–Kier alpha value is -2.34. The van der Waals surface area contributed by atoms with Gasteiger partial charge in [-0.1, -0.05) is 0 Å². The maximum Gasteiger partial charge on any atom is 0.132 e. The summed E-state index contributed by atoms with van der Waals surface area (Å²) in [5, 5.41) is 0. The Bertz CT molecular complexity index is 688. The van der Waals surface area contributed by atoms with E-state index in [2.05, 4.69) is 27.0 Å². The van der Waals surface area contributed by atoms with Crippen LogP contribution in [0.25, 0.3) is 0 Å². The summed E-state index contributed by atoms with van der Waals surface area (Å²) in [6.45, 7) is 4.24. The van der Waals surface area contributed by atoms with Gasteiger partial charge >= 0.3 is 0 Å². The van der Waals surface area contributed by atoms with Crippen LogP contribution < -0.4 is 14.5 Å². The second-order valence-corrected chi connectivity index (χ2v) is 6.10. The third-order valence-corrected chi connectivity index (χ3v) is 4.14. The van der Waals surface area contributed by atoms with Crippen molar-refractivity contribution in [1.29, 1.82) is 0 Å². The highest BCUT2D eigenvalue weighted by atomic mass is 16.5. The van der Waals surface area contributed by atoms with Crippen molar-refractivity contribution in [3.63, 3.8) is 0 Å². The first-order valence-corrected chi connectivity index (χ1v) is 8.10. The minimum atomic E-state index is -0.0544. The van der Waals surface area contributed by atoms with Crippen LogP contribution in [0.3, 0.4) is 0 Å². The standard InChI is InChI=1S/C18H24N4O2/c1-13-19-16(11-18(20-13)21(2)3)17-12-22(9-10-24-17)14-5-7-15(23-4)8-6-14/h5-8,11,17H,9-10,12H2,1-4H3/t17-/m1/s1. The van der Waals surface area contributed by atoms with E-state index in [-0.39, 0.29) is 6.10 Å². The normalized spacial score (nSPS) is 17.7. The van der Waals surface area contributed by atoms with E-state index in [4.69, 9.17) is 9.47 Å². The van der Waals surface area contributed by atoms with Gasteiger partial charge in [-0.05, 0) is 31.2 Å². The van der Waals surface area contributed by atoms with E-state index in [1.54, 1.807) is 7.11 Å². The fourth-order valence-electron chi connectivity index (χ4n) is 2.82. The summed E-state index contributed by atoms with van der Waals surface area (Å²) in [6, 6.07) is 10.1. The van der Waals surface area contributed by atoms with Gasteiger partial charge in [-0.2, -0.15) is 0 Å². The number of benzene rings is 1. The average molecular weight is 328 g/mol. The molecule has 24 heavy (non-hydrogen) atoms. The van der Waals surface area contributed by atoms with Crippen molar-refractivity contribution in [2.45, 2.75) is 13.0 Å². The fraction of sp³-hybridized carbons (Fsp3) is 0.444. The van der Waals surface area contributed by atoms with E-state index in [0.29, 0.717) is 6.61 Å². The largest absolute Gasteiger partial charge is 0.497 e. The summed E-state index contributed by atoms with van der Waals surface area (Å²) in [7, 11) is 5.65. The SMILES string of the molecule is COc1ccc(N2CCO[C@@H](c3cc(N(C)C)nc(C)n3)C2)cc1. The summed E-state index contributed by atoms with van der Waals surface area (Å²) in [5.41, 5.74) is 2.10. The number of ether oxygens (including phenoxy) is 2. The molecule has 3 rings (SSSR count). The maximum atomic E-state index is 5.98. The predicted molar refractivity (Wildman–Crippen MR) is 95.0 cm³/mol. The quantitative estimate of drug-likeness (QED) is 0.859. The molecule has 1 fully saturated rings. The number of aromatic nitrogens is 2. The lowest BCUT2D eigenvalue weighted by molar-refractivity contribution is 0.0369. The summed E-state index contributed by atoms with van der Waals surface area (Å²) in [6.07, 6.45) is -0.0544. The van der Waals surface area contributed by atoms with Gasteiger partial charge in [-0.25, -0.2) is 9.97 Å². The molecule has 0 amide bonds. The minimum Gasteiger partial charge on any atom is -0.497 e. The molecule has 0 aliphatic carbocycles. The van der Waals surface area contributed by atoms with E-state index in [9.17, 15) is 0 Å². The molecule has 1 aliphatic rings. The Morgan fingerprint density at radius 2 is 1.96 bits per heavy atom. The van der Waals surface area contributed by atoms with Gasteiger partial charge in [-0.3, -0.25) is 0 Å². The molecular formula is C18H24N4O2. The molecule has 0 spiro atoms. The van der Waals surface area contributed by atoms with Gasteiger partial charge < -0.3 is 19.3 Å². The molecule has 128 valence electrons. The van der Waals surface area contributed by atoms with Gasteiger partial charge in [-0.15, -0.1) is 0 Å². The van der Waals surface area contributed by atoms with Crippen LogP contribution in [0.5, 0.6) is 5.75 Å². The third kappa shape index (κ3) is 3.59. The predicted octanol–water partition coefficient (Wildman–Crippen LogP) is 2.44. The van der Waals surface area contributed by atoms with Gasteiger partial charge in [0.25, 0.3) is 0 Å². The monoisotopic (exact) mass is 328 g/mol. The molecule has 0 N–H and O–H groups in total. The topological polar surface area (TPSA) is 50.7 Å². The van der Waals surface area contributed by atoms with Crippen molar-refractivity contribution in [2.24, 2.45) is 0 Å². The van der Waals surface area contributed by atoms with Crippen molar-refractivity contribution in [2.75, 3.05) is 50.7 Å². The fourth-order valence-corrected chi connectivity index (χ4v) is 2.82. The molecule has 1 aliphatic heterocycles. The number of hydrogen-bond acceptors (Lipinski definition) is 6. The Morgan fingerprint density at radius 3 is 2.62 bits per heavy atom. The molecular weight excluding hydrogens is 304 g/mol. The number of methoxy groups -OCH3 is 1. The van der Waals surface area contributed by atoms with Crippen LogP contribution in [-0.2, 0) is 4.74 Å². The van der Waals surface area contributed by atoms with Crippen LogP contribution in [0, 0.1) is 6.92 Å². The van der Waals surface area contributed by atoms with Gasteiger partial charge in [0.15, 0.2) is 0 Å². The maximum absolute atomic E-state index is 5.98. The molecule has 0 bridgehead atoms. The summed E-state index contributed by atoms with van der Waals surface area (Å²) in [5.74, 6) is 2.54. The van der Waals surface area contributed by atoms with Gasteiger partial charge in [0.1, 0.15) is 23.5 Å². The molecule has 6 heteroatoms. The van der Waals surface area contributed by atoms with Crippen LogP contribution >= 0.6 is 0 Å². The summed E-state index contributed by atoms with van der Waals surface area (Å²) < 4.78 is 11.2. The Labute approximate surface area is 143 Å². The lowest BCUT2D eigenvalue weighted by Gasteiger charge is -2.34. The third-order valence-electron chi connectivity index (χ3n) is 4.14. The van der Waals surface area contributed by atoms with E-state index < -0.39 is 0 Å². The molecule has 1 aromatic heterocycles. The lowest BCUT2D eigenvalue weighted by atomic mass is 10.1. The van der Waals surface area contributed by atoms with Crippen LogP contribution in [0.4, 0.5) is 11.5 Å². The molecule has 1 atom stereocenters. The second-order valence-electron chi connectivity index (χ2n) is 6.10. The zero-order chi connectivity index (χ0) is 17.1. The Kier molecular flexibility index (Phi) is 4.85. The first-order chi connectivity index (χ1) is 11.6. The number of hydrogen-bond donors (Lipinski definition) is 0. The molecule has 2 aromatic rings. The first kappa shape index (κ1) is 16.5. The van der Waals surface area contributed by atoms with Crippen molar-refractivity contribution in [3.8, 4) is 5.75 Å². The number of morpholine rings is 1. The highest BCUT2D eigenvalue weighted by Crippen LogP contribution is 2.27. The van der Waals surface area contributed by atoms with Crippen LogP contribution in [0.2, 0.25) is 0 Å². The van der Waals surface area contributed by atoms with Crippen LogP contribution in [0.15, 0.2) is 30.3 Å². The molecule has 1 aromatic carbocycles. The lowest BCUT2D eigenvalue weighted by Crippen LogP contribution is -2.38. The van der Waals surface area contributed by atoms with E-state index >= 15 is 0 Å². The van der Waals surface area contributed by atoms with E-state index in [1.807, 2.05) is 44.1 Å². The number of nitrogens with zero attached hydrogens (tertiary/aromatic N) is 4. The Balaban J connectivity index is 1.80. The van der Waals surface area contributed by atoms with Crippen molar-refractivity contribution in [3.05, 3.63) is 41.9 Å². The zero-order valence-corrected chi connectivity index (χ0v) is 14.7. The van der Waals surface area contributed by atoms with Crippen molar-refractivity contribution >= 4 is 11.5 Å². The molecule has 1 saturated heterocycles. The van der Waals surface area contributed by atoms with Crippen molar-refractivity contribution in [1.82, 2.24) is 9.97 Å². The molecule has 6 nitrogen and oxygen atoms in total. The zero-order valence-electron chi connectivity index (χ0n) is 14.7. The van der Waals surface area contributed by atoms with Gasteiger partial charge in [0, 0.05) is 38.9 Å². The van der Waals surface area contributed by atoms with Gasteiger partial charge in [0.05, 0.1) is 19.4 Å². The minimum absolute atomic E-state index is 0.0544. The number of rotatable bonds is 4. The number of aryl methyl sites for hydroxylation is 1. The molecule has 0 radical (unpaired) electrons. The van der Waals surface area contributed by atoms with E-state index in [1.165, 1.54) is 5.69 Å². The van der Waals surface area contributed by atoms with Crippen LogP contribution in [-0.4, -0.2) is 50.9 Å². The average Bonchev–Trinajstić information content (AvgIpc) is 2.61. The molecule has 0 saturated carbocycles. The smallest absolute Gasteiger partial charge is 0.132 e. The number of anilines is 2. The van der Waals surface area contributed by atoms with E-state index in [0.717, 1.165) is 36.2 Å². The second kappa shape index (κ2) is 7.05. The highest BCUT2D eigenvalue weighted by Gasteiger charge is 2.24. The van der Waals surface area contributed by atoms with Crippen molar-refractivity contribution < 1.29 is 9.47 Å². The molecule has 2 heterocycles. The summed E-state index contributed by atoms with van der Waals surface area (Å²) >= 11 is 0. The Morgan fingerprint density at radius 1 is 1.21 bits per heavy atom.